The fraction of sp³-hybridized carbons (Fsp3) is 0.300. The summed E-state index contributed by atoms with van der Waals surface area (Å²) in [5.74, 6) is 0.0832. The summed E-state index contributed by atoms with van der Waals surface area (Å²) in [6, 6.07) is 4.82. The van der Waals surface area contributed by atoms with Crippen LogP contribution >= 0.6 is 34.8 Å². The molecule has 0 spiro atoms. The second-order valence-electron chi connectivity index (χ2n) is 3.13. The molecule has 1 atom stereocenters. The highest BCUT2D eigenvalue weighted by atomic mass is 35.5. The SMILES string of the molecule is CC(CCl)NC(=O)c1cccc(Cl)c1Cl. The van der Waals surface area contributed by atoms with E-state index in [9.17, 15) is 4.79 Å². The normalized spacial score (nSPS) is 12.3. The van der Waals surface area contributed by atoms with Crippen molar-refractivity contribution < 1.29 is 4.79 Å². The molecule has 0 aliphatic heterocycles. The first kappa shape index (κ1) is 12.6. The van der Waals surface area contributed by atoms with Crippen molar-refractivity contribution in [3.05, 3.63) is 33.8 Å². The molecular formula is C10H10Cl3NO. The summed E-state index contributed by atoms with van der Waals surface area (Å²) in [4.78, 5) is 11.7. The number of hydrogen-bond acceptors (Lipinski definition) is 1. The van der Waals surface area contributed by atoms with Gasteiger partial charge < -0.3 is 5.32 Å². The van der Waals surface area contributed by atoms with Crippen molar-refractivity contribution in [3.63, 3.8) is 0 Å². The first-order chi connectivity index (χ1) is 7.06. The summed E-state index contributed by atoms with van der Waals surface area (Å²) in [5, 5.41) is 3.33. The maximum Gasteiger partial charge on any atom is 0.253 e. The molecule has 1 N–H and O–H groups in total. The van der Waals surface area contributed by atoms with Gasteiger partial charge in [-0.2, -0.15) is 0 Å². The molecule has 0 aliphatic rings. The Morgan fingerprint density at radius 2 is 2.13 bits per heavy atom. The molecule has 82 valence electrons. The zero-order valence-corrected chi connectivity index (χ0v) is 10.3. The van der Waals surface area contributed by atoms with Crippen LogP contribution in [0.1, 0.15) is 17.3 Å². The maximum atomic E-state index is 11.7. The van der Waals surface area contributed by atoms with E-state index in [1.54, 1.807) is 18.2 Å². The fourth-order valence-electron chi connectivity index (χ4n) is 1.02. The second-order valence-corrected chi connectivity index (χ2v) is 4.22. The van der Waals surface area contributed by atoms with Crippen molar-refractivity contribution in [2.24, 2.45) is 0 Å². The molecule has 0 heterocycles. The molecule has 0 aromatic heterocycles. The average Bonchev–Trinajstić information content (AvgIpc) is 2.21. The quantitative estimate of drug-likeness (QED) is 0.835. The summed E-state index contributed by atoms with van der Waals surface area (Å²) in [6.07, 6.45) is 0. The third-order valence-electron chi connectivity index (χ3n) is 1.81. The molecule has 0 bridgehead atoms. The smallest absolute Gasteiger partial charge is 0.253 e. The maximum absolute atomic E-state index is 11.7. The first-order valence-electron chi connectivity index (χ1n) is 4.37. The lowest BCUT2D eigenvalue weighted by molar-refractivity contribution is 0.0943. The van der Waals surface area contributed by atoms with E-state index in [2.05, 4.69) is 5.32 Å². The highest BCUT2D eigenvalue weighted by Gasteiger charge is 2.13. The number of carbonyl (C=O) groups excluding carboxylic acids is 1. The van der Waals surface area contributed by atoms with Crippen LogP contribution in [0.5, 0.6) is 0 Å². The summed E-state index contributed by atoms with van der Waals surface area (Å²) in [6.45, 7) is 1.81. The van der Waals surface area contributed by atoms with Gasteiger partial charge >= 0.3 is 0 Å². The van der Waals surface area contributed by atoms with Crippen LogP contribution in [0.4, 0.5) is 0 Å². The van der Waals surface area contributed by atoms with E-state index in [1.807, 2.05) is 6.92 Å². The van der Waals surface area contributed by atoms with Gasteiger partial charge in [0.25, 0.3) is 5.91 Å². The van der Waals surface area contributed by atoms with Gasteiger partial charge in [0.05, 0.1) is 15.6 Å². The number of carbonyl (C=O) groups is 1. The molecule has 0 radical (unpaired) electrons. The van der Waals surface area contributed by atoms with Crippen LogP contribution < -0.4 is 5.32 Å². The number of amides is 1. The Morgan fingerprint density at radius 1 is 1.47 bits per heavy atom. The number of rotatable bonds is 3. The molecule has 0 aliphatic carbocycles. The average molecular weight is 267 g/mol. The molecule has 0 fully saturated rings. The van der Waals surface area contributed by atoms with E-state index in [0.29, 0.717) is 16.5 Å². The van der Waals surface area contributed by atoms with E-state index >= 15 is 0 Å². The molecule has 1 unspecified atom stereocenters. The molecular weight excluding hydrogens is 256 g/mol. The molecule has 1 rings (SSSR count). The molecule has 2 nitrogen and oxygen atoms in total. The monoisotopic (exact) mass is 265 g/mol. The predicted molar refractivity (Wildman–Crippen MR) is 64.1 cm³/mol. The molecule has 15 heavy (non-hydrogen) atoms. The zero-order valence-electron chi connectivity index (χ0n) is 8.06. The van der Waals surface area contributed by atoms with Crippen LogP contribution in [-0.2, 0) is 0 Å². The predicted octanol–water partition coefficient (Wildman–Crippen LogP) is 3.35. The van der Waals surface area contributed by atoms with Gasteiger partial charge in [0.15, 0.2) is 0 Å². The topological polar surface area (TPSA) is 29.1 Å². The lowest BCUT2D eigenvalue weighted by Crippen LogP contribution is -2.33. The molecule has 0 saturated heterocycles. The van der Waals surface area contributed by atoms with Gasteiger partial charge in [-0.25, -0.2) is 0 Å². The number of alkyl halides is 1. The Balaban J connectivity index is 2.87. The van der Waals surface area contributed by atoms with Crippen molar-refractivity contribution in [3.8, 4) is 0 Å². The molecule has 0 saturated carbocycles. The summed E-state index contributed by atoms with van der Waals surface area (Å²) >= 11 is 17.3. The van der Waals surface area contributed by atoms with Gasteiger partial charge in [0, 0.05) is 11.9 Å². The molecule has 5 heteroatoms. The van der Waals surface area contributed by atoms with Gasteiger partial charge in [-0.3, -0.25) is 4.79 Å². The molecule has 1 aromatic carbocycles. The molecule has 1 amide bonds. The van der Waals surface area contributed by atoms with E-state index < -0.39 is 0 Å². The van der Waals surface area contributed by atoms with Crippen LogP contribution in [0.15, 0.2) is 18.2 Å². The molecule has 1 aromatic rings. The van der Waals surface area contributed by atoms with Gasteiger partial charge in [-0.15, -0.1) is 11.6 Å². The van der Waals surface area contributed by atoms with E-state index in [0.717, 1.165) is 0 Å². The Bertz CT molecular complexity index is 368. The number of hydrogen-bond donors (Lipinski definition) is 1. The third-order valence-corrected chi connectivity index (χ3v) is 3.09. The summed E-state index contributed by atoms with van der Waals surface area (Å²) in [5.41, 5.74) is 0.362. The highest BCUT2D eigenvalue weighted by molar-refractivity contribution is 6.43. The van der Waals surface area contributed by atoms with Gasteiger partial charge in [-0.1, -0.05) is 29.3 Å². The zero-order chi connectivity index (χ0) is 11.4. The standard InChI is InChI=1S/C10H10Cl3NO/c1-6(5-11)14-10(15)7-3-2-4-8(12)9(7)13/h2-4,6H,5H2,1H3,(H,14,15). The van der Waals surface area contributed by atoms with Crippen LogP contribution in [0.25, 0.3) is 0 Å². The Hall–Kier alpha value is -0.440. The van der Waals surface area contributed by atoms with Crippen molar-refractivity contribution in [2.45, 2.75) is 13.0 Å². The first-order valence-corrected chi connectivity index (χ1v) is 5.66. The summed E-state index contributed by atoms with van der Waals surface area (Å²) in [7, 11) is 0. The lowest BCUT2D eigenvalue weighted by atomic mass is 10.2. The van der Waals surface area contributed by atoms with Crippen molar-refractivity contribution >= 4 is 40.7 Å². The van der Waals surface area contributed by atoms with Gasteiger partial charge in [0.2, 0.25) is 0 Å². The van der Waals surface area contributed by atoms with Gasteiger partial charge in [-0.05, 0) is 19.1 Å². The van der Waals surface area contributed by atoms with Crippen LogP contribution in [-0.4, -0.2) is 17.8 Å². The lowest BCUT2D eigenvalue weighted by Gasteiger charge is -2.11. The van der Waals surface area contributed by atoms with Crippen LogP contribution in [0, 0.1) is 0 Å². The van der Waals surface area contributed by atoms with Crippen molar-refractivity contribution in [1.82, 2.24) is 5.32 Å². The van der Waals surface area contributed by atoms with Gasteiger partial charge in [0.1, 0.15) is 0 Å². The minimum atomic E-state index is -0.268. The number of nitrogens with one attached hydrogen (secondary N) is 1. The second kappa shape index (κ2) is 5.59. The Labute approximate surface area is 104 Å². The largest absolute Gasteiger partial charge is 0.348 e. The minimum absolute atomic E-state index is 0.103. The number of halogens is 3. The van der Waals surface area contributed by atoms with Crippen molar-refractivity contribution in [1.29, 1.82) is 0 Å². The Morgan fingerprint density at radius 3 is 2.73 bits per heavy atom. The van der Waals surface area contributed by atoms with E-state index in [1.165, 1.54) is 0 Å². The fourth-order valence-corrected chi connectivity index (χ4v) is 1.48. The van der Waals surface area contributed by atoms with Crippen molar-refractivity contribution in [2.75, 3.05) is 5.88 Å². The highest BCUT2D eigenvalue weighted by Crippen LogP contribution is 2.25. The van der Waals surface area contributed by atoms with Crippen LogP contribution in [0.2, 0.25) is 10.0 Å². The van der Waals surface area contributed by atoms with E-state index in [-0.39, 0.29) is 17.0 Å². The third kappa shape index (κ3) is 3.26. The minimum Gasteiger partial charge on any atom is -0.348 e. The number of benzene rings is 1. The van der Waals surface area contributed by atoms with Crippen LogP contribution in [0.3, 0.4) is 0 Å². The summed E-state index contributed by atoms with van der Waals surface area (Å²) < 4.78 is 0. The van der Waals surface area contributed by atoms with E-state index in [4.69, 9.17) is 34.8 Å². The Kier molecular flexibility index (Phi) is 4.71.